The van der Waals surface area contributed by atoms with E-state index in [4.69, 9.17) is 14.8 Å². The first-order chi connectivity index (χ1) is 15.2. The summed E-state index contributed by atoms with van der Waals surface area (Å²) < 4.78 is 30.6. The zero-order valence-corrected chi connectivity index (χ0v) is 19.2. The number of rotatable bonds is 9. The predicted octanol–water partition coefficient (Wildman–Crippen LogP) is 1.55. The van der Waals surface area contributed by atoms with Crippen LogP contribution in [0.3, 0.4) is 0 Å². The lowest BCUT2D eigenvalue weighted by molar-refractivity contribution is -0.142. The van der Waals surface area contributed by atoms with E-state index in [1.807, 2.05) is 0 Å². The van der Waals surface area contributed by atoms with E-state index in [2.05, 4.69) is 14.8 Å². The normalized spacial score (nSPS) is 23.3. The number of benzene rings is 1. The molecular weight excluding hydrogens is 459 g/mol. The third-order valence-electron chi connectivity index (χ3n) is 4.65. The van der Waals surface area contributed by atoms with E-state index in [1.165, 1.54) is 42.6 Å². The van der Waals surface area contributed by atoms with Crippen LogP contribution in [0.15, 0.2) is 47.4 Å². The molecule has 13 heteroatoms. The van der Waals surface area contributed by atoms with Crippen molar-refractivity contribution in [2.24, 2.45) is 0 Å². The number of para-hydroxylation sites is 1. The molecule has 1 fully saturated rings. The molecule has 1 aromatic heterocycles. The number of carbonyl (C=O) groups excluding carboxylic acids is 1. The number of nitrogen functional groups attached to an aromatic ring is 1. The minimum Gasteiger partial charge on any atom is -0.468 e. The van der Waals surface area contributed by atoms with Crippen LogP contribution in [0.2, 0.25) is 0 Å². The van der Waals surface area contributed by atoms with Gasteiger partial charge < -0.3 is 20.1 Å². The largest absolute Gasteiger partial charge is 0.468 e. The number of nitrogens with one attached hydrogen (secondary N) is 1. The number of hydrogen-bond acceptors (Lipinski definition) is 10. The third kappa shape index (κ3) is 6.11. The Kier molecular flexibility index (Phi) is 7.96. The Bertz CT molecular complexity index is 1040. The lowest BCUT2D eigenvalue weighted by atomic mass is 10.2. The van der Waals surface area contributed by atoms with Gasteiger partial charge in [0, 0.05) is 12.6 Å². The number of esters is 1. The summed E-state index contributed by atoms with van der Waals surface area (Å²) in [5, 5.41) is 12.1. The van der Waals surface area contributed by atoms with E-state index in [0.29, 0.717) is 0 Å². The van der Waals surface area contributed by atoms with Crippen molar-refractivity contribution in [3.63, 3.8) is 0 Å². The van der Waals surface area contributed by atoms with E-state index >= 15 is 0 Å². The molecule has 0 radical (unpaired) electrons. The second kappa shape index (κ2) is 10.5. The highest BCUT2D eigenvalue weighted by Gasteiger charge is 2.39. The highest BCUT2D eigenvalue weighted by molar-refractivity contribution is 8.00. The van der Waals surface area contributed by atoms with Gasteiger partial charge in [-0.3, -0.25) is 13.9 Å². The van der Waals surface area contributed by atoms with Gasteiger partial charge in [-0.25, -0.2) is 9.36 Å². The van der Waals surface area contributed by atoms with Crippen molar-refractivity contribution < 1.29 is 28.3 Å². The van der Waals surface area contributed by atoms with Crippen LogP contribution in [0.5, 0.6) is 5.75 Å². The lowest BCUT2D eigenvalue weighted by Gasteiger charge is -2.24. The number of aromatic nitrogens is 2. The maximum absolute atomic E-state index is 13.4. The van der Waals surface area contributed by atoms with Gasteiger partial charge in [0.15, 0.2) is 0 Å². The van der Waals surface area contributed by atoms with Gasteiger partial charge in [-0.1, -0.05) is 18.2 Å². The summed E-state index contributed by atoms with van der Waals surface area (Å²) in [7, 11) is -2.81. The predicted molar refractivity (Wildman–Crippen MR) is 119 cm³/mol. The van der Waals surface area contributed by atoms with Crippen LogP contribution in [-0.4, -0.2) is 51.7 Å². The molecule has 1 unspecified atom stereocenters. The van der Waals surface area contributed by atoms with Crippen molar-refractivity contribution in [1.82, 2.24) is 14.6 Å². The molecule has 0 saturated carbocycles. The molecule has 0 spiro atoms. The number of aliphatic hydroxyl groups is 1. The summed E-state index contributed by atoms with van der Waals surface area (Å²) in [5.41, 5.74) is 5.00. The second-order valence-corrected chi connectivity index (χ2v) is 10.2. The van der Waals surface area contributed by atoms with Crippen LogP contribution < -0.4 is 21.0 Å². The molecule has 32 heavy (non-hydrogen) atoms. The molecule has 174 valence electrons. The molecule has 1 saturated heterocycles. The fourth-order valence-electron chi connectivity index (χ4n) is 3.03. The van der Waals surface area contributed by atoms with Gasteiger partial charge in [-0.05, 0) is 25.1 Å². The number of ether oxygens (including phenoxy) is 1. The van der Waals surface area contributed by atoms with Crippen molar-refractivity contribution in [1.29, 1.82) is 0 Å². The van der Waals surface area contributed by atoms with Gasteiger partial charge in [0.2, 0.25) is 0 Å². The average Bonchev–Trinajstić information content (AvgIpc) is 3.12. The molecule has 2 aromatic rings. The van der Waals surface area contributed by atoms with Gasteiger partial charge in [-0.15, -0.1) is 11.8 Å². The van der Waals surface area contributed by atoms with Crippen molar-refractivity contribution in [3.05, 3.63) is 53.1 Å². The zero-order valence-electron chi connectivity index (χ0n) is 17.5. The number of thioether (sulfide) groups is 1. The quantitative estimate of drug-likeness (QED) is 0.351. The summed E-state index contributed by atoms with van der Waals surface area (Å²) in [6.45, 7) is 1.30. The van der Waals surface area contributed by atoms with Crippen molar-refractivity contribution in [2.45, 2.75) is 36.1 Å². The molecule has 5 atom stereocenters. The van der Waals surface area contributed by atoms with E-state index in [9.17, 15) is 19.3 Å². The highest BCUT2D eigenvalue weighted by atomic mass is 32.2. The number of carbonyl (C=O) groups is 1. The number of methoxy groups -OCH3 is 1. The molecule has 0 bridgehead atoms. The third-order valence-corrected chi connectivity index (χ3v) is 7.83. The summed E-state index contributed by atoms with van der Waals surface area (Å²) in [6, 6.07) is 8.88. The molecule has 1 aliphatic rings. The Morgan fingerprint density at radius 1 is 1.41 bits per heavy atom. The Balaban J connectivity index is 1.71. The first-order valence-corrected chi connectivity index (χ1v) is 12.2. The van der Waals surface area contributed by atoms with Crippen LogP contribution in [0.25, 0.3) is 0 Å². The molecule has 1 aliphatic heterocycles. The number of nitrogens with two attached hydrogens (primary N) is 1. The topological polar surface area (TPSA) is 155 Å². The smallest absolute Gasteiger partial charge is 0.459 e. The van der Waals surface area contributed by atoms with Crippen LogP contribution in [-0.2, 0) is 18.6 Å². The maximum Gasteiger partial charge on any atom is 0.459 e. The zero-order chi connectivity index (χ0) is 23.3. The van der Waals surface area contributed by atoms with Gasteiger partial charge >= 0.3 is 19.4 Å². The number of aliphatic hydroxyl groups excluding tert-OH is 1. The lowest BCUT2D eigenvalue weighted by Crippen LogP contribution is -2.35. The second-order valence-electron chi connectivity index (χ2n) is 7.05. The molecule has 11 nitrogen and oxygen atoms in total. The van der Waals surface area contributed by atoms with Crippen molar-refractivity contribution >= 4 is 31.3 Å². The Morgan fingerprint density at radius 3 is 2.78 bits per heavy atom. The first-order valence-electron chi connectivity index (χ1n) is 9.74. The van der Waals surface area contributed by atoms with Gasteiger partial charge in [0.05, 0.1) is 30.4 Å². The summed E-state index contributed by atoms with van der Waals surface area (Å²) >= 11 is 1.28. The summed E-state index contributed by atoms with van der Waals surface area (Å²) in [4.78, 5) is 27.6. The van der Waals surface area contributed by atoms with E-state index in [1.54, 1.807) is 30.3 Å². The minimum absolute atomic E-state index is 0.111. The van der Waals surface area contributed by atoms with Gasteiger partial charge in [0.1, 0.15) is 17.6 Å². The molecule has 2 heterocycles. The summed E-state index contributed by atoms with van der Waals surface area (Å²) in [5.74, 6) is -0.257. The molecule has 1 aromatic carbocycles. The highest BCUT2D eigenvalue weighted by Crippen LogP contribution is 2.48. The van der Waals surface area contributed by atoms with Crippen molar-refractivity contribution in [3.8, 4) is 5.75 Å². The standard InChI is InChI=1S/C19H25N4O7PS/c1-12(18(25)28-2)22-31(27,30-13-6-4-3-5-7-13)29-11-15-14(24)10-17(32-15)23-9-8-16(20)21-19(23)26/h3-9,12,14-15,17,24H,10-11H2,1-2H3,(H,22,27)(H2,20,21,26)/t12-,14+,15+,17+,31?/m0/s1. The Hall–Kier alpha value is -2.37. The van der Waals surface area contributed by atoms with Crippen LogP contribution in [0.1, 0.15) is 18.7 Å². The minimum atomic E-state index is -4.02. The molecule has 3 rings (SSSR count). The first kappa shape index (κ1) is 24.3. The van der Waals surface area contributed by atoms with Crippen LogP contribution >= 0.6 is 19.5 Å². The van der Waals surface area contributed by atoms with Gasteiger partial charge in [-0.2, -0.15) is 10.1 Å². The van der Waals surface area contributed by atoms with E-state index in [-0.39, 0.29) is 24.6 Å². The molecular formula is C19H25N4O7PS. The Morgan fingerprint density at radius 2 is 2.12 bits per heavy atom. The number of anilines is 1. The molecule has 0 amide bonds. The van der Waals surface area contributed by atoms with Gasteiger partial charge in [0.25, 0.3) is 0 Å². The Labute approximate surface area is 188 Å². The SMILES string of the molecule is COC(=O)[C@H](C)NP(=O)(OC[C@H]1S[C@@H](n2ccc(N)nc2=O)C[C@H]1O)Oc1ccccc1. The fraction of sp³-hybridized carbons (Fsp3) is 0.421. The van der Waals surface area contributed by atoms with E-state index < -0.39 is 42.2 Å². The van der Waals surface area contributed by atoms with Crippen molar-refractivity contribution in [2.75, 3.05) is 19.5 Å². The maximum atomic E-state index is 13.4. The van der Waals surface area contributed by atoms with E-state index in [0.717, 1.165) is 0 Å². The molecule has 0 aliphatic carbocycles. The number of hydrogen-bond donors (Lipinski definition) is 3. The van der Waals surface area contributed by atoms with Crippen LogP contribution in [0.4, 0.5) is 5.82 Å². The average molecular weight is 484 g/mol. The number of nitrogens with zero attached hydrogens (tertiary/aromatic N) is 2. The fourth-order valence-corrected chi connectivity index (χ4v) is 6.09. The summed E-state index contributed by atoms with van der Waals surface area (Å²) in [6.07, 6.45) is 0.944. The molecule has 4 N–H and O–H groups in total. The van der Waals surface area contributed by atoms with Crippen LogP contribution in [0, 0.1) is 0 Å². The monoisotopic (exact) mass is 484 g/mol.